The number of aryl methyl sites for hydroxylation is 1. The number of piperidine rings is 1. The summed E-state index contributed by atoms with van der Waals surface area (Å²) in [4.78, 5) is 22.5. The van der Waals surface area contributed by atoms with E-state index in [1.807, 2.05) is 13.2 Å². The third-order valence-electron chi connectivity index (χ3n) is 9.32. The number of nitrogens with zero attached hydrogens (tertiary/aromatic N) is 5. The molecule has 1 saturated carbocycles. The number of alkyl halides is 1. The van der Waals surface area contributed by atoms with Gasteiger partial charge in [0.2, 0.25) is 0 Å². The molecule has 1 aliphatic carbocycles. The number of hydrogen-bond acceptors (Lipinski definition) is 5. The summed E-state index contributed by atoms with van der Waals surface area (Å²) in [5, 5.41) is 1.22. The molecular weight excluding hydrogens is 519 g/mol. The first-order valence-electron chi connectivity index (χ1n) is 14.9. The standard InChI is InChI=1S/C32H39FN6O2/c1-36-29-13-21-7-10-38(19-23(34)17-33)32(40)26(21)16-27(29)35-31(36)30-14-22-5-6-24(37-11-8-25(41-2)9-12-37)15-28(22)39(30)18-20-3-4-20/h5-6,13-16,20,23,25H,3-4,7-12,17-19,34H2,1-2H3. The van der Waals surface area contributed by atoms with E-state index in [-0.39, 0.29) is 12.5 Å². The molecule has 1 amide bonds. The monoisotopic (exact) mass is 558 g/mol. The predicted octanol–water partition coefficient (Wildman–Crippen LogP) is 4.52. The van der Waals surface area contributed by atoms with Crippen LogP contribution in [0.3, 0.4) is 0 Å². The van der Waals surface area contributed by atoms with Gasteiger partial charge in [0, 0.05) is 63.5 Å². The number of ether oxygens (including phenoxy) is 1. The molecule has 2 aromatic heterocycles. The van der Waals surface area contributed by atoms with E-state index in [0.717, 1.165) is 67.0 Å². The van der Waals surface area contributed by atoms with E-state index >= 15 is 0 Å². The van der Waals surface area contributed by atoms with Crippen molar-refractivity contribution in [2.45, 2.75) is 50.8 Å². The second-order valence-electron chi connectivity index (χ2n) is 12.2. The molecule has 2 fully saturated rings. The molecule has 2 N–H and O–H groups in total. The summed E-state index contributed by atoms with van der Waals surface area (Å²) >= 11 is 0. The van der Waals surface area contributed by atoms with Gasteiger partial charge in [-0.2, -0.15) is 0 Å². The summed E-state index contributed by atoms with van der Waals surface area (Å²) in [6, 6.07) is 12.5. The first-order chi connectivity index (χ1) is 19.9. The zero-order valence-electron chi connectivity index (χ0n) is 24.0. The van der Waals surface area contributed by atoms with Crippen molar-refractivity contribution in [1.29, 1.82) is 0 Å². The molecule has 216 valence electrons. The van der Waals surface area contributed by atoms with Crippen molar-refractivity contribution in [1.82, 2.24) is 19.0 Å². The number of fused-ring (bicyclic) bond motifs is 3. The highest BCUT2D eigenvalue weighted by Crippen LogP contribution is 2.38. The smallest absolute Gasteiger partial charge is 0.254 e. The van der Waals surface area contributed by atoms with Crippen LogP contribution in [-0.4, -0.2) is 77.0 Å². The molecule has 1 saturated heterocycles. The van der Waals surface area contributed by atoms with Crippen molar-refractivity contribution in [2.75, 3.05) is 44.9 Å². The van der Waals surface area contributed by atoms with Crippen molar-refractivity contribution in [2.24, 2.45) is 18.7 Å². The molecule has 4 aromatic rings. The van der Waals surface area contributed by atoms with Crippen LogP contribution in [0.25, 0.3) is 33.5 Å². The molecular formula is C32H39FN6O2. The number of methoxy groups -OCH3 is 1. The molecule has 0 radical (unpaired) electrons. The predicted molar refractivity (Wildman–Crippen MR) is 160 cm³/mol. The maximum absolute atomic E-state index is 13.3. The van der Waals surface area contributed by atoms with Gasteiger partial charge in [0.1, 0.15) is 6.67 Å². The van der Waals surface area contributed by atoms with Crippen LogP contribution in [0.1, 0.15) is 41.6 Å². The minimum absolute atomic E-state index is 0.0887. The Kier molecular flexibility index (Phi) is 6.74. The molecule has 41 heavy (non-hydrogen) atoms. The topological polar surface area (TPSA) is 81.6 Å². The van der Waals surface area contributed by atoms with Crippen LogP contribution < -0.4 is 10.6 Å². The van der Waals surface area contributed by atoms with Crippen LogP contribution in [0.15, 0.2) is 36.4 Å². The second kappa shape index (κ2) is 10.4. The van der Waals surface area contributed by atoms with Crippen molar-refractivity contribution < 1.29 is 13.9 Å². The number of rotatable bonds is 8. The molecule has 7 rings (SSSR count). The highest BCUT2D eigenvalue weighted by atomic mass is 19.1. The number of carbonyl (C=O) groups is 1. The number of amides is 1. The highest BCUT2D eigenvalue weighted by molar-refractivity contribution is 6.00. The van der Waals surface area contributed by atoms with Crippen molar-refractivity contribution in [3.8, 4) is 11.5 Å². The van der Waals surface area contributed by atoms with Crippen LogP contribution in [0.2, 0.25) is 0 Å². The number of halogens is 1. The molecule has 4 heterocycles. The second-order valence-corrected chi connectivity index (χ2v) is 12.2. The largest absolute Gasteiger partial charge is 0.381 e. The van der Waals surface area contributed by atoms with Gasteiger partial charge >= 0.3 is 0 Å². The average Bonchev–Trinajstić information content (AvgIpc) is 3.68. The number of anilines is 1. The van der Waals surface area contributed by atoms with E-state index in [9.17, 15) is 9.18 Å². The van der Waals surface area contributed by atoms with Crippen molar-refractivity contribution in [3.05, 3.63) is 47.5 Å². The number of benzene rings is 2. The SMILES string of the molecule is COC1CCN(c2ccc3cc(-c4nc5cc6c(cc5n4C)CCN(CC(N)CF)C6=O)n(CC4CC4)c3c2)CC1. The number of hydrogen-bond donors (Lipinski definition) is 1. The fraction of sp³-hybridized carbons (Fsp3) is 0.500. The van der Waals surface area contributed by atoms with Gasteiger partial charge < -0.3 is 29.4 Å². The van der Waals surface area contributed by atoms with E-state index in [4.69, 9.17) is 15.5 Å². The maximum Gasteiger partial charge on any atom is 0.254 e. The quantitative estimate of drug-likeness (QED) is 0.344. The van der Waals surface area contributed by atoms with Gasteiger partial charge in [-0.15, -0.1) is 0 Å². The first kappa shape index (κ1) is 26.5. The molecule has 1 atom stereocenters. The Bertz CT molecular complexity index is 1610. The van der Waals surface area contributed by atoms with Gasteiger partial charge in [-0.05, 0) is 73.9 Å². The van der Waals surface area contributed by atoms with Gasteiger partial charge in [-0.3, -0.25) is 4.79 Å². The third kappa shape index (κ3) is 4.78. The van der Waals surface area contributed by atoms with Crippen LogP contribution in [0, 0.1) is 5.92 Å². The van der Waals surface area contributed by atoms with Gasteiger partial charge in [0.25, 0.3) is 5.91 Å². The molecule has 3 aliphatic rings. The number of imidazole rings is 1. The van der Waals surface area contributed by atoms with E-state index in [1.165, 1.54) is 29.4 Å². The molecule has 9 heteroatoms. The number of nitrogens with two attached hydrogens (primary N) is 1. The molecule has 0 bridgehead atoms. The molecule has 8 nitrogen and oxygen atoms in total. The summed E-state index contributed by atoms with van der Waals surface area (Å²) < 4.78 is 23.3. The van der Waals surface area contributed by atoms with E-state index in [0.29, 0.717) is 24.1 Å². The molecule has 1 unspecified atom stereocenters. The Morgan fingerprint density at radius 1 is 1.07 bits per heavy atom. The minimum atomic E-state index is -0.656. The summed E-state index contributed by atoms with van der Waals surface area (Å²) in [6.45, 7) is 3.14. The Balaban J connectivity index is 1.27. The van der Waals surface area contributed by atoms with Crippen LogP contribution in [0.5, 0.6) is 0 Å². The van der Waals surface area contributed by atoms with Crippen LogP contribution in [0.4, 0.5) is 10.1 Å². The normalized spacial score (nSPS) is 19.0. The molecule has 0 spiro atoms. The Morgan fingerprint density at radius 2 is 1.88 bits per heavy atom. The lowest BCUT2D eigenvalue weighted by atomic mass is 9.97. The number of aromatic nitrogens is 3. The lowest BCUT2D eigenvalue weighted by Gasteiger charge is -2.33. The first-order valence-corrected chi connectivity index (χ1v) is 14.9. The number of carbonyl (C=O) groups excluding carboxylic acids is 1. The average molecular weight is 559 g/mol. The van der Waals surface area contributed by atoms with Gasteiger partial charge in [-0.1, -0.05) is 6.07 Å². The van der Waals surface area contributed by atoms with Gasteiger partial charge in [0.05, 0.1) is 34.4 Å². The maximum atomic E-state index is 13.3. The van der Waals surface area contributed by atoms with Crippen LogP contribution in [-0.2, 0) is 24.8 Å². The van der Waals surface area contributed by atoms with E-state index in [1.54, 1.807) is 4.90 Å². The molecule has 2 aromatic carbocycles. The summed E-state index contributed by atoms with van der Waals surface area (Å²) in [7, 11) is 3.88. The van der Waals surface area contributed by atoms with Crippen molar-refractivity contribution in [3.63, 3.8) is 0 Å². The van der Waals surface area contributed by atoms with Crippen LogP contribution >= 0.6 is 0 Å². The fourth-order valence-corrected chi connectivity index (χ4v) is 6.68. The summed E-state index contributed by atoms with van der Waals surface area (Å²) in [5.41, 5.74) is 12.9. The lowest BCUT2D eigenvalue weighted by molar-refractivity contribution is 0.0725. The Labute approximate surface area is 239 Å². The zero-order chi connectivity index (χ0) is 28.2. The third-order valence-corrected chi connectivity index (χ3v) is 9.32. The Morgan fingerprint density at radius 3 is 2.61 bits per heavy atom. The van der Waals surface area contributed by atoms with Gasteiger partial charge in [0.15, 0.2) is 5.82 Å². The summed E-state index contributed by atoms with van der Waals surface area (Å²) in [5.74, 6) is 1.52. The summed E-state index contributed by atoms with van der Waals surface area (Å²) in [6.07, 6.45) is 5.72. The van der Waals surface area contributed by atoms with Crippen molar-refractivity contribution >= 4 is 33.5 Å². The fourth-order valence-electron chi connectivity index (χ4n) is 6.68. The van der Waals surface area contributed by atoms with Gasteiger partial charge in [-0.25, -0.2) is 9.37 Å². The van der Waals surface area contributed by atoms with E-state index in [2.05, 4.69) is 51.4 Å². The minimum Gasteiger partial charge on any atom is -0.381 e. The zero-order valence-corrected chi connectivity index (χ0v) is 24.0. The lowest BCUT2D eigenvalue weighted by Crippen LogP contribution is -2.45. The Hall–Kier alpha value is -3.43. The van der Waals surface area contributed by atoms with E-state index < -0.39 is 12.7 Å². The highest BCUT2D eigenvalue weighted by Gasteiger charge is 2.29. The molecule has 2 aliphatic heterocycles.